The van der Waals surface area contributed by atoms with Crippen molar-refractivity contribution in [1.29, 1.82) is 0 Å². The fraction of sp³-hybridized carbons (Fsp3) is 0.273. The fourth-order valence-electron chi connectivity index (χ4n) is 3.28. The van der Waals surface area contributed by atoms with Crippen LogP contribution < -0.4 is 10.1 Å². The van der Waals surface area contributed by atoms with E-state index in [-0.39, 0.29) is 17.1 Å². The van der Waals surface area contributed by atoms with Crippen molar-refractivity contribution >= 4 is 23.4 Å². The van der Waals surface area contributed by atoms with Crippen LogP contribution in [0.4, 0.5) is 24.8 Å². The van der Waals surface area contributed by atoms with E-state index < -0.39 is 11.7 Å². The topological polar surface area (TPSA) is 47.0 Å². The van der Waals surface area contributed by atoms with Gasteiger partial charge < -0.3 is 10.1 Å². The zero-order valence-corrected chi connectivity index (χ0v) is 16.8. The fourth-order valence-corrected chi connectivity index (χ4v) is 4.20. The highest BCUT2D eigenvalue weighted by Crippen LogP contribution is 2.39. The molecule has 156 valence electrons. The van der Waals surface area contributed by atoms with E-state index in [1.54, 1.807) is 30.3 Å². The number of halogens is 3. The average molecular weight is 431 g/mol. The smallest absolute Gasteiger partial charge is 0.420 e. The average Bonchev–Trinajstić information content (AvgIpc) is 3.23. The number of benzene rings is 2. The molecule has 1 fully saturated rings. The second-order valence-corrected chi connectivity index (χ2v) is 8.03. The van der Waals surface area contributed by atoms with Gasteiger partial charge in [-0.15, -0.1) is 0 Å². The molecule has 0 saturated heterocycles. The van der Waals surface area contributed by atoms with E-state index >= 15 is 0 Å². The van der Waals surface area contributed by atoms with Crippen molar-refractivity contribution in [3.63, 3.8) is 0 Å². The molecule has 0 bridgehead atoms. The van der Waals surface area contributed by atoms with E-state index in [9.17, 15) is 13.2 Å². The maximum atomic E-state index is 13.5. The third-order valence-electron chi connectivity index (χ3n) is 4.75. The summed E-state index contributed by atoms with van der Waals surface area (Å²) in [7, 11) is 0. The van der Waals surface area contributed by atoms with E-state index in [1.807, 2.05) is 24.3 Å². The largest absolute Gasteiger partial charge is 0.488 e. The molecule has 0 radical (unpaired) electrons. The first kappa shape index (κ1) is 20.5. The molecule has 0 amide bonds. The summed E-state index contributed by atoms with van der Waals surface area (Å²) in [5.41, 5.74) is -0.239. The summed E-state index contributed by atoms with van der Waals surface area (Å²) in [6, 6.07) is 16.2. The Morgan fingerprint density at radius 3 is 2.40 bits per heavy atom. The summed E-state index contributed by atoms with van der Waals surface area (Å²) in [5.74, 6) is 0.731. The van der Waals surface area contributed by atoms with Gasteiger partial charge in [0.25, 0.3) is 0 Å². The molecule has 4 rings (SSSR count). The molecule has 0 aliphatic heterocycles. The lowest BCUT2D eigenvalue weighted by Gasteiger charge is -2.17. The quantitative estimate of drug-likeness (QED) is 0.440. The third kappa shape index (κ3) is 5.05. The monoisotopic (exact) mass is 431 g/mol. The first-order chi connectivity index (χ1) is 14.5. The minimum atomic E-state index is -4.54. The number of nitrogens with one attached hydrogen (secondary N) is 1. The molecule has 0 spiro atoms. The summed E-state index contributed by atoms with van der Waals surface area (Å²) in [6.45, 7) is 0. The SMILES string of the molecule is FC(F)(F)c1cnc(Nc2ccccc2OC2CCCC2)nc1Sc1ccccc1. The van der Waals surface area contributed by atoms with E-state index in [1.165, 1.54) is 0 Å². The number of hydrogen-bond donors (Lipinski definition) is 1. The molecule has 1 N–H and O–H groups in total. The van der Waals surface area contributed by atoms with E-state index in [2.05, 4.69) is 15.3 Å². The van der Waals surface area contributed by atoms with Crippen molar-refractivity contribution in [2.24, 2.45) is 0 Å². The van der Waals surface area contributed by atoms with Gasteiger partial charge in [-0.1, -0.05) is 42.1 Å². The summed E-state index contributed by atoms with van der Waals surface area (Å²) >= 11 is 0.954. The molecule has 4 nitrogen and oxygen atoms in total. The molecule has 1 aliphatic rings. The second-order valence-electron chi connectivity index (χ2n) is 6.97. The highest BCUT2D eigenvalue weighted by atomic mass is 32.2. The lowest BCUT2D eigenvalue weighted by molar-refractivity contribution is -0.140. The number of nitrogens with zero attached hydrogens (tertiary/aromatic N) is 2. The third-order valence-corrected chi connectivity index (χ3v) is 5.76. The van der Waals surface area contributed by atoms with Crippen LogP contribution in [0.3, 0.4) is 0 Å². The maximum Gasteiger partial charge on any atom is 0.420 e. The van der Waals surface area contributed by atoms with Gasteiger partial charge in [-0.3, -0.25) is 0 Å². The van der Waals surface area contributed by atoms with Crippen molar-refractivity contribution in [1.82, 2.24) is 9.97 Å². The highest BCUT2D eigenvalue weighted by molar-refractivity contribution is 7.99. The van der Waals surface area contributed by atoms with Crippen LogP contribution in [-0.4, -0.2) is 16.1 Å². The number of anilines is 2. The predicted octanol–water partition coefficient (Wildman–Crippen LogP) is 6.71. The Hall–Kier alpha value is -2.74. The van der Waals surface area contributed by atoms with Gasteiger partial charge in [-0.2, -0.15) is 13.2 Å². The van der Waals surface area contributed by atoms with Gasteiger partial charge >= 0.3 is 6.18 Å². The number of hydrogen-bond acceptors (Lipinski definition) is 5. The summed E-state index contributed by atoms with van der Waals surface area (Å²) in [4.78, 5) is 8.74. The normalized spacial score (nSPS) is 14.6. The number of alkyl halides is 3. The van der Waals surface area contributed by atoms with Crippen molar-refractivity contribution in [3.8, 4) is 5.75 Å². The molecule has 0 atom stereocenters. The molecular formula is C22H20F3N3OS. The zero-order valence-electron chi connectivity index (χ0n) is 16.0. The molecule has 1 saturated carbocycles. The van der Waals surface area contributed by atoms with Crippen LogP contribution >= 0.6 is 11.8 Å². The second kappa shape index (κ2) is 8.95. The Morgan fingerprint density at radius 1 is 0.967 bits per heavy atom. The lowest BCUT2D eigenvalue weighted by atomic mass is 10.2. The lowest BCUT2D eigenvalue weighted by Crippen LogP contribution is -2.13. The van der Waals surface area contributed by atoms with Crippen molar-refractivity contribution in [3.05, 3.63) is 66.4 Å². The number of rotatable bonds is 6. The number of aromatic nitrogens is 2. The minimum absolute atomic E-state index is 0.0869. The van der Waals surface area contributed by atoms with Gasteiger partial charge in [0, 0.05) is 11.1 Å². The Kier molecular flexibility index (Phi) is 6.13. The number of para-hydroxylation sites is 2. The van der Waals surface area contributed by atoms with E-state index in [0.717, 1.165) is 43.6 Å². The molecule has 30 heavy (non-hydrogen) atoms. The molecular weight excluding hydrogens is 411 g/mol. The predicted molar refractivity (Wildman–Crippen MR) is 110 cm³/mol. The first-order valence-electron chi connectivity index (χ1n) is 9.69. The standard InChI is InChI=1S/C22H20F3N3OS/c23-22(24,25)17-14-26-21(28-20(17)30-16-10-2-1-3-11-16)27-18-12-6-7-13-19(18)29-15-8-4-5-9-15/h1-3,6-7,10-15H,4-5,8-9H2,(H,26,27,28). The Balaban J connectivity index is 1.61. The van der Waals surface area contributed by atoms with Crippen molar-refractivity contribution in [2.75, 3.05) is 5.32 Å². The van der Waals surface area contributed by atoms with Crippen LogP contribution in [0.15, 0.2) is 70.7 Å². The van der Waals surface area contributed by atoms with Crippen LogP contribution in [0.5, 0.6) is 5.75 Å². The zero-order chi connectivity index (χ0) is 21.0. The van der Waals surface area contributed by atoms with Crippen LogP contribution in [0.1, 0.15) is 31.2 Å². The first-order valence-corrected chi connectivity index (χ1v) is 10.5. The van der Waals surface area contributed by atoms with Gasteiger partial charge in [-0.25, -0.2) is 9.97 Å². The Labute approximate surface area is 176 Å². The molecule has 2 aromatic carbocycles. The maximum absolute atomic E-state index is 13.5. The summed E-state index contributed by atoms with van der Waals surface area (Å²) in [5, 5.41) is 2.87. The molecule has 1 aliphatic carbocycles. The molecule has 0 unspecified atom stereocenters. The highest BCUT2D eigenvalue weighted by Gasteiger charge is 2.35. The van der Waals surface area contributed by atoms with E-state index in [4.69, 9.17) is 4.74 Å². The van der Waals surface area contributed by atoms with Crippen LogP contribution in [-0.2, 0) is 6.18 Å². The number of ether oxygens (including phenoxy) is 1. The molecule has 1 heterocycles. The summed E-state index contributed by atoms with van der Waals surface area (Å²) in [6.07, 6.45) is 0.724. The Morgan fingerprint density at radius 2 is 1.67 bits per heavy atom. The Bertz CT molecular complexity index is 992. The van der Waals surface area contributed by atoms with Gasteiger partial charge in [0.05, 0.1) is 11.8 Å². The van der Waals surface area contributed by atoms with Crippen LogP contribution in [0.2, 0.25) is 0 Å². The van der Waals surface area contributed by atoms with Gasteiger partial charge in [-0.05, 0) is 49.9 Å². The van der Waals surface area contributed by atoms with Crippen LogP contribution in [0, 0.1) is 0 Å². The van der Waals surface area contributed by atoms with Gasteiger partial charge in [0.15, 0.2) is 0 Å². The molecule has 1 aromatic heterocycles. The van der Waals surface area contributed by atoms with Crippen molar-refractivity contribution in [2.45, 2.75) is 47.9 Å². The molecule has 3 aromatic rings. The van der Waals surface area contributed by atoms with E-state index in [0.29, 0.717) is 16.3 Å². The summed E-state index contributed by atoms with van der Waals surface area (Å²) < 4.78 is 46.5. The van der Waals surface area contributed by atoms with Gasteiger partial charge in [0.2, 0.25) is 5.95 Å². The van der Waals surface area contributed by atoms with Crippen molar-refractivity contribution < 1.29 is 17.9 Å². The van der Waals surface area contributed by atoms with Crippen LogP contribution in [0.25, 0.3) is 0 Å². The molecule has 8 heteroatoms. The minimum Gasteiger partial charge on any atom is -0.488 e. The van der Waals surface area contributed by atoms with Gasteiger partial charge in [0.1, 0.15) is 16.3 Å².